The predicted molar refractivity (Wildman–Crippen MR) is 71.1 cm³/mol. The monoisotopic (exact) mass is 259 g/mol. The van der Waals surface area contributed by atoms with E-state index in [1.54, 1.807) is 7.11 Å². The van der Waals surface area contributed by atoms with Crippen molar-refractivity contribution < 1.29 is 9.84 Å². The van der Waals surface area contributed by atoms with Gasteiger partial charge in [0.05, 0.1) is 25.3 Å². The molecule has 0 amide bonds. The standard InChI is InChI=1S/C14H17N3O2/c1-19-12-7-3-2-6-11(12)14-15-13-8-4-5-10(9-18)17(13)16-14/h2-3,6-7,10,18H,4-5,8-9H2,1H3. The van der Waals surface area contributed by atoms with E-state index >= 15 is 0 Å². The molecule has 0 spiro atoms. The van der Waals surface area contributed by atoms with Crippen molar-refractivity contribution in [1.29, 1.82) is 0 Å². The Bertz CT molecular complexity index is 580. The molecule has 5 nitrogen and oxygen atoms in total. The van der Waals surface area contributed by atoms with Crippen LogP contribution in [0, 0.1) is 0 Å². The minimum absolute atomic E-state index is 0.0553. The van der Waals surface area contributed by atoms with Gasteiger partial charge in [-0.15, -0.1) is 0 Å². The summed E-state index contributed by atoms with van der Waals surface area (Å²) in [4.78, 5) is 4.59. The van der Waals surface area contributed by atoms with Crippen LogP contribution in [0.2, 0.25) is 0 Å². The highest BCUT2D eigenvalue weighted by Crippen LogP contribution is 2.30. The molecule has 1 aromatic carbocycles. The Kier molecular flexibility index (Phi) is 3.21. The second-order valence-electron chi connectivity index (χ2n) is 4.73. The molecule has 1 aliphatic rings. The molecule has 1 atom stereocenters. The van der Waals surface area contributed by atoms with Gasteiger partial charge in [0.2, 0.25) is 0 Å². The van der Waals surface area contributed by atoms with Crippen LogP contribution in [-0.2, 0) is 6.42 Å². The number of hydrogen-bond acceptors (Lipinski definition) is 4. The zero-order valence-corrected chi connectivity index (χ0v) is 10.9. The number of methoxy groups -OCH3 is 1. The molecule has 2 heterocycles. The van der Waals surface area contributed by atoms with Gasteiger partial charge in [-0.1, -0.05) is 12.1 Å². The maximum atomic E-state index is 9.41. The van der Waals surface area contributed by atoms with Gasteiger partial charge in [-0.25, -0.2) is 9.67 Å². The summed E-state index contributed by atoms with van der Waals surface area (Å²) in [6.45, 7) is 0.113. The minimum Gasteiger partial charge on any atom is -0.496 e. The summed E-state index contributed by atoms with van der Waals surface area (Å²) in [6, 6.07) is 7.78. The molecule has 0 radical (unpaired) electrons. The predicted octanol–water partition coefficient (Wildman–Crippen LogP) is 1.82. The number of nitrogens with zero attached hydrogens (tertiary/aromatic N) is 3. The van der Waals surface area contributed by atoms with Crippen LogP contribution >= 0.6 is 0 Å². The number of rotatable bonds is 3. The molecule has 1 aromatic heterocycles. The van der Waals surface area contributed by atoms with Crippen LogP contribution in [0.15, 0.2) is 24.3 Å². The van der Waals surface area contributed by atoms with E-state index in [0.29, 0.717) is 5.82 Å². The Morgan fingerprint density at radius 3 is 3.05 bits per heavy atom. The molecule has 5 heteroatoms. The Morgan fingerprint density at radius 1 is 1.42 bits per heavy atom. The van der Waals surface area contributed by atoms with Gasteiger partial charge in [0, 0.05) is 6.42 Å². The number of ether oxygens (including phenoxy) is 1. The average molecular weight is 259 g/mol. The van der Waals surface area contributed by atoms with Crippen molar-refractivity contribution in [3.05, 3.63) is 30.1 Å². The van der Waals surface area contributed by atoms with Gasteiger partial charge < -0.3 is 9.84 Å². The summed E-state index contributed by atoms with van der Waals surface area (Å²) in [5.41, 5.74) is 0.892. The van der Waals surface area contributed by atoms with E-state index in [0.717, 1.165) is 36.4 Å². The number of aromatic nitrogens is 3. The van der Waals surface area contributed by atoms with Crippen molar-refractivity contribution in [3.8, 4) is 17.1 Å². The van der Waals surface area contributed by atoms with Gasteiger partial charge in [-0.05, 0) is 25.0 Å². The molecule has 0 bridgehead atoms. The third-order valence-electron chi connectivity index (χ3n) is 3.54. The molecular weight excluding hydrogens is 242 g/mol. The van der Waals surface area contributed by atoms with Crippen molar-refractivity contribution >= 4 is 0 Å². The first-order chi connectivity index (χ1) is 9.33. The number of aliphatic hydroxyl groups excluding tert-OH is 1. The molecular formula is C14H17N3O2. The lowest BCUT2D eigenvalue weighted by molar-refractivity contribution is 0.195. The lowest BCUT2D eigenvalue weighted by Crippen LogP contribution is -2.21. The van der Waals surface area contributed by atoms with E-state index in [2.05, 4.69) is 10.1 Å². The number of hydrogen-bond donors (Lipinski definition) is 1. The molecule has 0 saturated carbocycles. The van der Waals surface area contributed by atoms with Crippen molar-refractivity contribution in [2.45, 2.75) is 25.3 Å². The van der Waals surface area contributed by atoms with Crippen molar-refractivity contribution in [1.82, 2.24) is 14.8 Å². The Balaban J connectivity index is 2.05. The van der Waals surface area contributed by atoms with E-state index in [9.17, 15) is 5.11 Å². The average Bonchev–Trinajstić information content (AvgIpc) is 2.90. The summed E-state index contributed by atoms with van der Waals surface area (Å²) < 4.78 is 7.21. The maximum absolute atomic E-state index is 9.41. The largest absolute Gasteiger partial charge is 0.496 e. The van der Waals surface area contributed by atoms with Gasteiger partial charge in [0.1, 0.15) is 11.6 Å². The first-order valence-electron chi connectivity index (χ1n) is 6.53. The number of aliphatic hydroxyl groups is 1. The topological polar surface area (TPSA) is 60.2 Å². The molecule has 0 saturated heterocycles. The molecule has 100 valence electrons. The molecule has 19 heavy (non-hydrogen) atoms. The zero-order valence-electron chi connectivity index (χ0n) is 10.9. The van der Waals surface area contributed by atoms with Gasteiger partial charge in [0.25, 0.3) is 0 Å². The summed E-state index contributed by atoms with van der Waals surface area (Å²) >= 11 is 0. The second kappa shape index (κ2) is 5.01. The highest BCUT2D eigenvalue weighted by Gasteiger charge is 2.23. The fraction of sp³-hybridized carbons (Fsp3) is 0.429. The fourth-order valence-electron chi connectivity index (χ4n) is 2.55. The summed E-state index contributed by atoms with van der Waals surface area (Å²) in [7, 11) is 1.64. The SMILES string of the molecule is COc1ccccc1-c1nc2n(n1)C(CO)CCC2. The van der Waals surface area contributed by atoms with E-state index < -0.39 is 0 Å². The molecule has 1 N–H and O–H groups in total. The normalized spacial score (nSPS) is 18.1. The maximum Gasteiger partial charge on any atom is 0.185 e. The quantitative estimate of drug-likeness (QED) is 0.913. The van der Waals surface area contributed by atoms with E-state index in [1.165, 1.54) is 0 Å². The van der Waals surface area contributed by atoms with Gasteiger partial charge >= 0.3 is 0 Å². The third kappa shape index (κ3) is 2.10. The van der Waals surface area contributed by atoms with Crippen LogP contribution in [-0.4, -0.2) is 33.6 Å². The van der Waals surface area contributed by atoms with Crippen molar-refractivity contribution in [3.63, 3.8) is 0 Å². The molecule has 1 aliphatic heterocycles. The summed E-state index contributed by atoms with van der Waals surface area (Å²) in [6.07, 6.45) is 2.92. The molecule has 0 fully saturated rings. The molecule has 0 aliphatic carbocycles. The van der Waals surface area contributed by atoms with E-state index in [1.807, 2.05) is 28.9 Å². The highest BCUT2D eigenvalue weighted by molar-refractivity contribution is 5.63. The Labute approximate surface area is 111 Å². The molecule has 3 rings (SSSR count). The Hall–Kier alpha value is -1.88. The first kappa shape index (κ1) is 12.2. The summed E-state index contributed by atoms with van der Waals surface area (Å²) in [5.74, 6) is 2.39. The second-order valence-corrected chi connectivity index (χ2v) is 4.73. The highest BCUT2D eigenvalue weighted by atomic mass is 16.5. The van der Waals surface area contributed by atoms with Gasteiger partial charge in [0.15, 0.2) is 5.82 Å². The van der Waals surface area contributed by atoms with Crippen LogP contribution in [0.1, 0.15) is 24.7 Å². The van der Waals surface area contributed by atoms with Crippen molar-refractivity contribution in [2.24, 2.45) is 0 Å². The lowest BCUT2D eigenvalue weighted by Gasteiger charge is -2.20. The number of benzene rings is 1. The zero-order chi connectivity index (χ0) is 13.2. The number of aryl methyl sites for hydroxylation is 1. The van der Waals surface area contributed by atoms with Gasteiger partial charge in [-0.2, -0.15) is 5.10 Å². The van der Waals surface area contributed by atoms with Crippen LogP contribution < -0.4 is 4.74 Å². The third-order valence-corrected chi connectivity index (χ3v) is 3.54. The summed E-state index contributed by atoms with van der Waals surface area (Å²) in [5, 5.41) is 14.0. The lowest BCUT2D eigenvalue weighted by atomic mass is 10.1. The molecule has 2 aromatic rings. The smallest absolute Gasteiger partial charge is 0.185 e. The van der Waals surface area contributed by atoms with E-state index in [4.69, 9.17) is 4.74 Å². The van der Waals surface area contributed by atoms with Crippen LogP contribution in [0.4, 0.5) is 0 Å². The first-order valence-corrected chi connectivity index (χ1v) is 6.53. The van der Waals surface area contributed by atoms with Gasteiger partial charge in [-0.3, -0.25) is 0 Å². The fourth-order valence-corrected chi connectivity index (χ4v) is 2.55. The van der Waals surface area contributed by atoms with Crippen LogP contribution in [0.3, 0.4) is 0 Å². The number of fused-ring (bicyclic) bond motifs is 1. The van der Waals surface area contributed by atoms with E-state index in [-0.39, 0.29) is 12.6 Å². The molecule has 1 unspecified atom stereocenters. The Morgan fingerprint density at radius 2 is 2.26 bits per heavy atom. The minimum atomic E-state index is 0.0553. The number of para-hydroxylation sites is 1. The van der Waals surface area contributed by atoms with Crippen molar-refractivity contribution in [2.75, 3.05) is 13.7 Å². The van der Waals surface area contributed by atoms with Crippen LogP contribution in [0.25, 0.3) is 11.4 Å². The van der Waals surface area contributed by atoms with Crippen LogP contribution in [0.5, 0.6) is 5.75 Å².